The fraction of sp³-hybridized carbons (Fsp3) is 0.619. The first-order valence-electron chi connectivity index (χ1n) is 10.7. The third-order valence-corrected chi connectivity index (χ3v) is 9.22. The molecular formula is C21H28N6O3S. The molecule has 0 atom stereocenters. The number of nitrogens with one attached hydrogen (secondary N) is 1. The molecule has 10 heteroatoms. The van der Waals surface area contributed by atoms with Crippen molar-refractivity contribution < 1.29 is 13.2 Å². The number of carbonyl (C=O) groups is 1. The summed E-state index contributed by atoms with van der Waals surface area (Å²) in [7, 11) is -2.02. The van der Waals surface area contributed by atoms with Gasteiger partial charge in [-0.1, -0.05) is 13.8 Å². The summed E-state index contributed by atoms with van der Waals surface area (Å²) in [6.07, 6.45) is 3.96. The molecule has 3 aliphatic heterocycles. The van der Waals surface area contributed by atoms with Crippen LogP contribution >= 0.6 is 0 Å². The van der Waals surface area contributed by atoms with Gasteiger partial charge >= 0.3 is 0 Å². The van der Waals surface area contributed by atoms with Crippen molar-refractivity contribution in [2.45, 2.75) is 51.5 Å². The van der Waals surface area contributed by atoms with Crippen molar-refractivity contribution in [3.8, 4) is 0 Å². The Morgan fingerprint density at radius 1 is 1.16 bits per heavy atom. The zero-order valence-electron chi connectivity index (χ0n) is 18.4. The number of sulfonamides is 1. The number of aromatic nitrogens is 2. The molecule has 1 fully saturated rings. The minimum atomic E-state index is -3.66. The van der Waals surface area contributed by atoms with E-state index in [4.69, 9.17) is 0 Å². The summed E-state index contributed by atoms with van der Waals surface area (Å²) < 4.78 is 29.6. The van der Waals surface area contributed by atoms with E-state index in [1.54, 1.807) is 20.2 Å². The van der Waals surface area contributed by atoms with Crippen LogP contribution in [0.5, 0.6) is 0 Å². The molecule has 0 saturated carbocycles. The van der Waals surface area contributed by atoms with Crippen molar-refractivity contribution in [1.29, 1.82) is 0 Å². The van der Waals surface area contributed by atoms with Gasteiger partial charge in [0.2, 0.25) is 0 Å². The van der Waals surface area contributed by atoms with Crippen molar-refractivity contribution >= 4 is 15.8 Å². The Morgan fingerprint density at radius 2 is 1.87 bits per heavy atom. The predicted octanol–water partition coefficient (Wildman–Crippen LogP) is 2.42. The quantitative estimate of drug-likeness (QED) is 0.753. The highest BCUT2D eigenvalue weighted by molar-refractivity contribution is 7.89. The Balaban J connectivity index is 1.51. The van der Waals surface area contributed by atoms with E-state index in [2.05, 4.69) is 34.5 Å². The predicted molar refractivity (Wildman–Crippen MR) is 113 cm³/mol. The molecule has 1 aromatic rings. The number of allylic oxidation sites excluding steroid dienone is 2. The number of aryl methyl sites for hydroxylation is 2. The molecule has 0 aromatic carbocycles. The van der Waals surface area contributed by atoms with Gasteiger partial charge < -0.3 is 5.32 Å². The topological polar surface area (TPSA) is 109 Å². The van der Waals surface area contributed by atoms with Gasteiger partial charge in [-0.05, 0) is 31.6 Å². The number of dihydropyridines is 1. The summed E-state index contributed by atoms with van der Waals surface area (Å²) in [6, 6.07) is 0. The first-order chi connectivity index (χ1) is 14.6. The van der Waals surface area contributed by atoms with Crippen molar-refractivity contribution in [2.75, 3.05) is 19.6 Å². The summed E-state index contributed by atoms with van der Waals surface area (Å²) >= 11 is 0. The summed E-state index contributed by atoms with van der Waals surface area (Å²) in [6.45, 7) is 7.12. The Labute approximate surface area is 182 Å². The summed E-state index contributed by atoms with van der Waals surface area (Å²) in [5, 5.41) is 16.3. The Hall–Kier alpha value is -2.33. The number of carbonyl (C=O) groups excluding carboxylic acids is 1. The first-order valence-corrected chi connectivity index (χ1v) is 12.1. The molecule has 4 heterocycles. The average molecular weight is 445 g/mol. The van der Waals surface area contributed by atoms with Gasteiger partial charge in [0.25, 0.3) is 10.0 Å². The lowest BCUT2D eigenvalue weighted by atomic mass is 9.60. The van der Waals surface area contributed by atoms with Crippen LogP contribution in [0, 0.1) is 17.8 Å². The number of fused-ring (bicyclic) bond motifs is 2. The van der Waals surface area contributed by atoms with E-state index in [1.807, 2.05) is 0 Å². The van der Waals surface area contributed by atoms with Crippen LogP contribution in [-0.2, 0) is 21.9 Å². The van der Waals surface area contributed by atoms with E-state index in [1.165, 1.54) is 8.99 Å². The van der Waals surface area contributed by atoms with Gasteiger partial charge in [0, 0.05) is 54.4 Å². The first kappa shape index (κ1) is 20.6. The molecule has 1 aliphatic carbocycles. The Kier molecular flexibility index (Phi) is 4.37. The number of Topliss-reactive ketones (excluding diaryl/α,β-unsaturated/α-hetero) is 1. The average Bonchev–Trinajstić information content (AvgIpc) is 3.27. The number of ketones is 1. The second kappa shape index (κ2) is 6.59. The van der Waals surface area contributed by atoms with E-state index in [0.29, 0.717) is 44.5 Å². The fourth-order valence-electron chi connectivity index (χ4n) is 5.76. The third-order valence-electron chi connectivity index (χ3n) is 7.10. The number of azo groups is 1. The summed E-state index contributed by atoms with van der Waals surface area (Å²) in [4.78, 5) is 13.3. The van der Waals surface area contributed by atoms with Gasteiger partial charge in [-0.15, -0.1) is 5.11 Å². The Bertz CT molecular complexity index is 1160. The van der Waals surface area contributed by atoms with Crippen molar-refractivity contribution in [3.05, 3.63) is 34.4 Å². The molecule has 5 rings (SSSR count). The lowest BCUT2D eigenvalue weighted by Crippen LogP contribution is -2.50. The highest BCUT2D eigenvalue weighted by Crippen LogP contribution is 2.55. The number of hydrogen-bond acceptors (Lipinski definition) is 7. The molecule has 0 unspecified atom stereocenters. The molecule has 1 saturated heterocycles. The molecule has 0 radical (unpaired) electrons. The molecule has 1 N–H and O–H groups in total. The molecule has 4 aliphatic rings. The van der Waals surface area contributed by atoms with Crippen LogP contribution in [0.2, 0.25) is 0 Å². The number of piperidine rings is 1. The molecule has 0 amide bonds. The SMILES string of the molecule is Cc1cnn(C)c1S(=O)(=O)N1CCC2(CC1)C1=C(N=NC1)NC1=C2C(=O)CC(C)(C)C1. The lowest BCUT2D eigenvalue weighted by Gasteiger charge is -2.48. The van der Waals surface area contributed by atoms with Gasteiger partial charge in [-0.3, -0.25) is 9.48 Å². The number of rotatable bonds is 2. The number of nitrogens with zero attached hydrogens (tertiary/aromatic N) is 5. The summed E-state index contributed by atoms with van der Waals surface area (Å²) in [5.41, 5.74) is 2.86. The largest absolute Gasteiger partial charge is 0.342 e. The smallest absolute Gasteiger partial charge is 0.260 e. The van der Waals surface area contributed by atoms with Crippen LogP contribution in [0.3, 0.4) is 0 Å². The van der Waals surface area contributed by atoms with Crippen molar-refractivity contribution in [3.63, 3.8) is 0 Å². The van der Waals surface area contributed by atoms with Crippen LogP contribution in [0.1, 0.15) is 45.1 Å². The van der Waals surface area contributed by atoms with E-state index < -0.39 is 15.4 Å². The van der Waals surface area contributed by atoms with Crippen LogP contribution in [0.25, 0.3) is 0 Å². The second-order valence-electron chi connectivity index (χ2n) is 9.89. The maximum atomic E-state index is 13.3. The summed E-state index contributed by atoms with van der Waals surface area (Å²) in [5.74, 6) is 0.916. The maximum absolute atomic E-state index is 13.3. The zero-order valence-corrected chi connectivity index (χ0v) is 19.2. The monoisotopic (exact) mass is 444 g/mol. The van der Waals surface area contributed by atoms with E-state index in [0.717, 1.165) is 29.1 Å². The molecule has 166 valence electrons. The minimum Gasteiger partial charge on any atom is -0.342 e. The van der Waals surface area contributed by atoms with Gasteiger partial charge in [-0.2, -0.15) is 14.5 Å². The van der Waals surface area contributed by atoms with E-state index in [9.17, 15) is 13.2 Å². The minimum absolute atomic E-state index is 0.112. The molecular weight excluding hydrogens is 416 g/mol. The standard InChI is InChI=1S/C21H28N6O3S/c1-13-11-23-26(4)19(13)31(29,30)27-7-5-21(6-8-27)14-12-22-25-18(14)24-15-9-20(2,3)10-16(28)17(15)21/h11,24H,5-10,12H2,1-4H3. The third kappa shape index (κ3) is 2.95. The van der Waals surface area contributed by atoms with Gasteiger partial charge in [0.1, 0.15) is 0 Å². The van der Waals surface area contributed by atoms with Crippen molar-refractivity contribution in [2.24, 2.45) is 28.1 Å². The van der Waals surface area contributed by atoms with Crippen LogP contribution in [-0.4, -0.2) is 47.9 Å². The maximum Gasteiger partial charge on any atom is 0.260 e. The second-order valence-corrected chi connectivity index (χ2v) is 11.7. The van der Waals surface area contributed by atoms with E-state index in [-0.39, 0.29) is 16.2 Å². The van der Waals surface area contributed by atoms with Gasteiger partial charge in [-0.25, -0.2) is 8.42 Å². The fourth-order valence-corrected chi connectivity index (χ4v) is 7.50. The molecule has 1 spiro atoms. The lowest BCUT2D eigenvalue weighted by molar-refractivity contribution is -0.119. The normalized spacial score (nSPS) is 25.1. The van der Waals surface area contributed by atoms with Crippen molar-refractivity contribution in [1.82, 2.24) is 19.4 Å². The van der Waals surface area contributed by atoms with Crippen LogP contribution in [0.15, 0.2) is 44.1 Å². The molecule has 1 aromatic heterocycles. The highest BCUT2D eigenvalue weighted by Gasteiger charge is 2.53. The molecule has 31 heavy (non-hydrogen) atoms. The van der Waals surface area contributed by atoms with Crippen LogP contribution in [0.4, 0.5) is 0 Å². The zero-order chi connectivity index (χ0) is 22.2. The van der Waals surface area contributed by atoms with E-state index >= 15 is 0 Å². The molecule has 0 bridgehead atoms. The van der Waals surface area contributed by atoms with Crippen LogP contribution < -0.4 is 5.32 Å². The van der Waals surface area contributed by atoms with Gasteiger partial charge in [0.15, 0.2) is 16.6 Å². The number of hydrogen-bond donors (Lipinski definition) is 1. The highest BCUT2D eigenvalue weighted by atomic mass is 32.2. The Morgan fingerprint density at radius 3 is 2.52 bits per heavy atom. The molecule has 9 nitrogen and oxygen atoms in total. The van der Waals surface area contributed by atoms with Gasteiger partial charge in [0.05, 0.1) is 12.7 Å².